The van der Waals surface area contributed by atoms with Crippen LogP contribution in [0.4, 0.5) is 0 Å². The number of nitrogens with one attached hydrogen (secondary N) is 1. The summed E-state index contributed by atoms with van der Waals surface area (Å²) in [4.78, 5) is 12.5. The van der Waals surface area contributed by atoms with Crippen molar-refractivity contribution in [1.82, 2.24) is 14.2 Å². The summed E-state index contributed by atoms with van der Waals surface area (Å²) in [5.74, 6) is -0.0455. The molecule has 1 aliphatic carbocycles. The Balaban J connectivity index is 1.42. The molecule has 2 fully saturated rings. The molecule has 1 N–H and O–H groups in total. The first-order valence-electron chi connectivity index (χ1n) is 9.30. The van der Waals surface area contributed by atoms with Gasteiger partial charge in [-0.15, -0.1) is 11.3 Å². The number of sulfonamides is 1. The molecule has 146 valence electrons. The quantitative estimate of drug-likeness (QED) is 0.847. The van der Waals surface area contributed by atoms with E-state index in [1.807, 2.05) is 48.3 Å². The van der Waals surface area contributed by atoms with Crippen molar-refractivity contribution < 1.29 is 13.2 Å². The number of amides is 1. The number of piperidine rings is 1. The number of aromatic nitrogens is 1. The van der Waals surface area contributed by atoms with Crippen LogP contribution in [-0.4, -0.2) is 42.3 Å². The van der Waals surface area contributed by atoms with Gasteiger partial charge in [-0.05, 0) is 67.2 Å². The summed E-state index contributed by atoms with van der Waals surface area (Å²) in [6, 6.07) is 5.66. The number of hydrogen-bond donors (Lipinski definition) is 1. The van der Waals surface area contributed by atoms with Crippen LogP contribution in [0.2, 0.25) is 0 Å². The third-order valence-electron chi connectivity index (χ3n) is 6.26. The molecule has 1 unspecified atom stereocenters. The summed E-state index contributed by atoms with van der Waals surface area (Å²) in [5, 5.41) is 5.01. The van der Waals surface area contributed by atoms with Crippen molar-refractivity contribution in [3.05, 3.63) is 41.0 Å². The normalized spacial score (nSPS) is 22.5. The Labute approximate surface area is 164 Å². The van der Waals surface area contributed by atoms with Gasteiger partial charge in [0.25, 0.3) is 15.9 Å². The van der Waals surface area contributed by atoms with Gasteiger partial charge in [0.2, 0.25) is 0 Å². The van der Waals surface area contributed by atoms with Crippen LogP contribution in [0, 0.1) is 12.3 Å². The van der Waals surface area contributed by atoms with Gasteiger partial charge >= 0.3 is 0 Å². The highest BCUT2D eigenvalue weighted by Gasteiger charge is 2.50. The van der Waals surface area contributed by atoms with Gasteiger partial charge in [0.1, 0.15) is 9.90 Å². The van der Waals surface area contributed by atoms with E-state index in [1.54, 1.807) is 4.31 Å². The van der Waals surface area contributed by atoms with Crippen molar-refractivity contribution in [2.24, 2.45) is 12.5 Å². The van der Waals surface area contributed by atoms with Crippen LogP contribution >= 0.6 is 11.3 Å². The first-order valence-corrected chi connectivity index (χ1v) is 11.6. The van der Waals surface area contributed by atoms with Crippen LogP contribution in [0.3, 0.4) is 0 Å². The summed E-state index contributed by atoms with van der Waals surface area (Å²) >= 11 is 1.29. The second-order valence-corrected chi connectivity index (χ2v) is 10.8. The lowest BCUT2D eigenvalue weighted by Gasteiger charge is -2.53. The maximum atomic E-state index is 12.9. The van der Waals surface area contributed by atoms with Crippen LogP contribution in [0.25, 0.3) is 0 Å². The Morgan fingerprint density at radius 2 is 2.00 bits per heavy atom. The Morgan fingerprint density at radius 1 is 1.26 bits per heavy atom. The average Bonchev–Trinajstić information content (AvgIpc) is 3.27. The van der Waals surface area contributed by atoms with Gasteiger partial charge in [0, 0.05) is 32.4 Å². The summed E-state index contributed by atoms with van der Waals surface area (Å²) in [5.41, 5.74) is 1.51. The fourth-order valence-corrected chi connectivity index (χ4v) is 7.35. The Kier molecular flexibility index (Phi) is 4.68. The molecular formula is C19H25N3O3S2. The van der Waals surface area contributed by atoms with E-state index in [0.29, 0.717) is 23.0 Å². The number of rotatable bonds is 4. The number of carbonyl (C=O) groups excluding carboxylic acids is 1. The minimum absolute atomic E-state index is 0.0390. The molecule has 1 saturated heterocycles. The zero-order chi connectivity index (χ0) is 19.2. The number of thiophene rings is 1. The Hall–Kier alpha value is -1.64. The topological polar surface area (TPSA) is 71.4 Å². The summed E-state index contributed by atoms with van der Waals surface area (Å²) in [6.07, 6.45) is 5.48. The third kappa shape index (κ3) is 3.13. The highest BCUT2D eigenvalue weighted by Crippen LogP contribution is 2.50. The van der Waals surface area contributed by atoms with E-state index in [0.717, 1.165) is 31.2 Å². The molecule has 0 radical (unpaired) electrons. The standard InChI is InChI=1S/C19H25N3O3S2/c1-14-6-13-26-18(14)27(24,25)22-11-8-19(9-12-22)7-5-16(19)20-17(23)15-4-3-10-21(15)2/h3-4,6,10,13,16H,5,7-9,11-12H2,1-2H3,(H,20,23). The predicted molar refractivity (Wildman–Crippen MR) is 105 cm³/mol. The number of aryl methyl sites for hydroxylation is 2. The highest BCUT2D eigenvalue weighted by molar-refractivity contribution is 7.91. The van der Waals surface area contributed by atoms with Crippen LogP contribution in [0.5, 0.6) is 0 Å². The lowest BCUT2D eigenvalue weighted by Crippen LogP contribution is -2.59. The minimum Gasteiger partial charge on any atom is -0.347 e. The van der Waals surface area contributed by atoms with Gasteiger partial charge in [-0.1, -0.05) is 0 Å². The number of carbonyl (C=O) groups is 1. The number of hydrogen-bond acceptors (Lipinski definition) is 4. The molecule has 0 aromatic carbocycles. The molecule has 2 aromatic heterocycles. The third-order valence-corrected chi connectivity index (χ3v) is 9.82. The second-order valence-electron chi connectivity index (χ2n) is 7.73. The zero-order valence-corrected chi connectivity index (χ0v) is 17.3. The average molecular weight is 408 g/mol. The van der Waals surface area contributed by atoms with E-state index in [4.69, 9.17) is 0 Å². The van der Waals surface area contributed by atoms with Crippen molar-refractivity contribution in [3.8, 4) is 0 Å². The SMILES string of the molecule is Cc1ccsc1S(=O)(=O)N1CCC2(CCC2NC(=O)c2cccn2C)CC1. The molecule has 1 amide bonds. The zero-order valence-electron chi connectivity index (χ0n) is 15.6. The van der Waals surface area contributed by atoms with Crippen LogP contribution < -0.4 is 5.32 Å². The largest absolute Gasteiger partial charge is 0.347 e. The molecule has 2 aliphatic rings. The first kappa shape index (κ1) is 18.7. The Morgan fingerprint density at radius 3 is 2.52 bits per heavy atom. The van der Waals surface area contributed by atoms with Gasteiger partial charge < -0.3 is 9.88 Å². The van der Waals surface area contributed by atoms with E-state index >= 15 is 0 Å². The van der Waals surface area contributed by atoms with Crippen LogP contribution in [-0.2, 0) is 17.1 Å². The van der Waals surface area contributed by atoms with Gasteiger partial charge in [-0.2, -0.15) is 4.31 Å². The highest BCUT2D eigenvalue weighted by atomic mass is 32.2. The lowest BCUT2D eigenvalue weighted by atomic mass is 9.59. The molecule has 1 spiro atoms. The van der Waals surface area contributed by atoms with Gasteiger partial charge in [0.05, 0.1) is 0 Å². The van der Waals surface area contributed by atoms with E-state index in [1.165, 1.54) is 11.3 Å². The molecule has 4 rings (SSSR count). The summed E-state index contributed by atoms with van der Waals surface area (Å²) < 4.78 is 29.7. The van der Waals surface area contributed by atoms with Crippen LogP contribution in [0.15, 0.2) is 34.0 Å². The van der Waals surface area contributed by atoms with Gasteiger partial charge in [-0.25, -0.2) is 8.42 Å². The van der Waals surface area contributed by atoms with Gasteiger partial charge in [-0.3, -0.25) is 4.79 Å². The van der Waals surface area contributed by atoms with Gasteiger partial charge in [0.15, 0.2) is 0 Å². The first-order chi connectivity index (χ1) is 12.8. The van der Waals surface area contributed by atoms with Crippen molar-refractivity contribution in [2.75, 3.05) is 13.1 Å². The van der Waals surface area contributed by atoms with Crippen LogP contribution in [0.1, 0.15) is 41.7 Å². The monoisotopic (exact) mass is 407 g/mol. The molecule has 8 heteroatoms. The molecule has 1 atom stereocenters. The second kappa shape index (κ2) is 6.76. The van der Waals surface area contributed by atoms with Crippen molar-refractivity contribution >= 4 is 27.3 Å². The maximum Gasteiger partial charge on any atom is 0.268 e. The molecule has 1 aliphatic heterocycles. The fraction of sp³-hybridized carbons (Fsp3) is 0.526. The predicted octanol–water partition coefficient (Wildman–Crippen LogP) is 2.76. The summed E-state index contributed by atoms with van der Waals surface area (Å²) in [6.45, 7) is 2.89. The summed E-state index contributed by atoms with van der Waals surface area (Å²) in [7, 11) is -1.54. The maximum absolute atomic E-state index is 12.9. The molecule has 6 nitrogen and oxygen atoms in total. The fourth-order valence-electron chi connectivity index (χ4n) is 4.36. The molecule has 3 heterocycles. The number of nitrogens with zero attached hydrogens (tertiary/aromatic N) is 2. The minimum atomic E-state index is -3.40. The van der Waals surface area contributed by atoms with E-state index < -0.39 is 10.0 Å². The van der Waals surface area contributed by atoms with Crippen molar-refractivity contribution in [3.63, 3.8) is 0 Å². The molecule has 2 aromatic rings. The Bertz CT molecular complexity index is 953. The van der Waals surface area contributed by atoms with E-state index in [9.17, 15) is 13.2 Å². The molecule has 27 heavy (non-hydrogen) atoms. The van der Waals surface area contributed by atoms with E-state index in [-0.39, 0.29) is 17.4 Å². The van der Waals surface area contributed by atoms with Crippen molar-refractivity contribution in [2.45, 2.75) is 42.9 Å². The smallest absolute Gasteiger partial charge is 0.268 e. The van der Waals surface area contributed by atoms with Crippen molar-refractivity contribution in [1.29, 1.82) is 0 Å². The van der Waals surface area contributed by atoms with E-state index in [2.05, 4.69) is 5.32 Å². The lowest BCUT2D eigenvalue weighted by molar-refractivity contribution is 0.0124. The molecule has 1 saturated carbocycles. The molecule has 0 bridgehead atoms. The molecular weight excluding hydrogens is 382 g/mol.